The normalized spacial score (nSPS) is 11.5. The van der Waals surface area contributed by atoms with E-state index in [4.69, 9.17) is 15.5 Å². The molecule has 0 spiro atoms. The summed E-state index contributed by atoms with van der Waals surface area (Å²) >= 11 is 0. The van der Waals surface area contributed by atoms with Gasteiger partial charge in [-0.15, -0.1) is 0 Å². The van der Waals surface area contributed by atoms with Crippen molar-refractivity contribution in [3.63, 3.8) is 0 Å². The zero-order chi connectivity index (χ0) is 12.1. The third-order valence-corrected chi connectivity index (χ3v) is 2.02. The SMILES string of the molecule is Cc1cc(C(=O)N(C)CCC(N)=NO)on1. The highest BCUT2D eigenvalue weighted by Crippen LogP contribution is 2.05. The molecule has 0 aliphatic carbocycles. The van der Waals surface area contributed by atoms with E-state index in [1.807, 2.05) is 0 Å². The minimum Gasteiger partial charge on any atom is -0.409 e. The monoisotopic (exact) mass is 226 g/mol. The molecule has 1 aromatic heterocycles. The fraction of sp³-hybridized carbons (Fsp3) is 0.444. The van der Waals surface area contributed by atoms with Crippen LogP contribution in [-0.4, -0.2) is 40.6 Å². The molecule has 1 rings (SSSR count). The number of hydrogen-bond donors (Lipinski definition) is 2. The number of aromatic nitrogens is 1. The smallest absolute Gasteiger partial charge is 0.292 e. The largest absolute Gasteiger partial charge is 0.409 e. The number of carbonyl (C=O) groups excluding carboxylic acids is 1. The molecule has 1 amide bonds. The second-order valence-electron chi connectivity index (χ2n) is 3.40. The molecule has 0 radical (unpaired) electrons. The predicted octanol–water partition coefficient (Wildman–Crippen LogP) is 0.192. The number of amidine groups is 1. The van der Waals surface area contributed by atoms with Gasteiger partial charge in [-0.05, 0) is 6.92 Å². The number of rotatable bonds is 4. The van der Waals surface area contributed by atoms with Crippen molar-refractivity contribution in [1.29, 1.82) is 0 Å². The number of nitrogens with two attached hydrogens (primary N) is 1. The molecule has 0 saturated carbocycles. The number of nitrogens with zero attached hydrogens (tertiary/aromatic N) is 3. The van der Waals surface area contributed by atoms with E-state index < -0.39 is 0 Å². The molecule has 0 aliphatic rings. The molecule has 0 atom stereocenters. The van der Waals surface area contributed by atoms with Gasteiger partial charge in [0, 0.05) is 26.1 Å². The van der Waals surface area contributed by atoms with Crippen LogP contribution >= 0.6 is 0 Å². The highest BCUT2D eigenvalue weighted by atomic mass is 16.5. The minimum absolute atomic E-state index is 0.0772. The van der Waals surface area contributed by atoms with Crippen LogP contribution in [0.4, 0.5) is 0 Å². The van der Waals surface area contributed by atoms with Crippen LogP contribution < -0.4 is 5.73 Å². The van der Waals surface area contributed by atoms with Crippen molar-refractivity contribution in [1.82, 2.24) is 10.1 Å². The van der Waals surface area contributed by atoms with Crippen molar-refractivity contribution in [2.24, 2.45) is 10.9 Å². The average molecular weight is 226 g/mol. The topological polar surface area (TPSA) is 105 Å². The van der Waals surface area contributed by atoms with E-state index in [-0.39, 0.29) is 17.5 Å². The summed E-state index contributed by atoms with van der Waals surface area (Å²) < 4.78 is 4.83. The molecule has 7 heteroatoms. The van der Waals surface area contributed by atoms with Crippen molar-refractivity contribution >= 4 is 11.7 Å². The summed E-state index contributed by atoms with van der Waals surface area (Å²) in [7, 11) is 1.60. The van der Waals surface area contributed by atoms with E-state index in [0.717, 1.165) is 0 Å². The van der Waals surface area contributed by atoms with Crippen molar-refractivity contribution in [2.45, 2.75) is 13.3 Å². The summed E-state index contributed by atoms with van der Waals surface area (Å²) in [5.41, 5.74) is 5.94. The Morgan fingerprint density at radius 1 is 1.75 bits per heavy atom. The van der Waals surface area contributed by atoms with Crippen LogP contribution in [0.25, 0.3) is 0 Å². The Morgan fingerprint density at radius 2 is 2.44 bits per heavy atom. The van der Waals surface area contributed by atoms with Gasteiger partial charge in [-0.3, -0.25) is 4.79 Å². The lowest BCUT2D eigenvalue weighted by molar-refractivity contribution is 0.0757. The Labute approximate surface area is 92.5 Å². The maximum Gasteiger partial charge on any atom is 0.292 e. The van der Waals surface area contributed by atoms with Gasteiger partial charge in [0.05, 0.1) is 5.69 Å². The standard InChI is InChI=1S/C9H14N4O3/c1-6-5-7(16-12-6)9(14)13(2)4-3-8(10)11-15/h5,15H,3-4H2,1-2H3,(H2,10,11). The summed E-state index contributed by atoms with van der Waals surface area (Å²) in [6.07, 6.45) is 0.297. The Morgan fingerprint density at radius 3 is 2.94 bits per heavy atom. The molecule has 1 aromatic rings. The van der Waals surface area contributed by atoms with Gasteiger partial charge in [0.2, 0.25) is 5.76 Å². The van der Waals surface area contributed by atoms with Crippen LogP contribution in [0.2, 0.25) is 0 Å². The Balaban J connectivity index is 2.54. The van der Waals surface area contributed by atoms with Crippen LogP contribution in [-0.2, 0) is 0 Å². The lowest BCUT2D eigenvalue weighted by Crippen LogP contribution is -2.30. The van der Waals surface area contributed by atoms with Gasteiger partial charge in [-0.2, -0.15) is 0 Å². The lowest BCUT2D eigenvalue weighted by Gasteiger charge is -2.14. The first-order valence-electron chi connectivity index (χ1n) is 4.69. The van der Waals surface area contributed by atoms with E-state index in [1.54, 1.807) is 20.0 Å². The quantitative estimate of drug-likeness (QED) is 0.330. The van der Waals surface area contributed by atoms with Crippen molar-refractivity contribution in [3.8, 4) is 0 Å². The maximum atomic E-state index is 11.7. The van der Waals surface area contributed by atoms with Gasteiger partial charge in [-0.1, -0.05) is 10.3 Å². The molecule has 0 aliphatic heterocycles. The van der Waals surface area contributed by atoms with E-state index >= 15 is 0 Å². The third kappa shape index (κ3) is 2.97. The van der Waals surface area contributed by atoms with Crippen LogP contribution in [0.3, 0.4) is 0 Å². The van der Waals surface area contributed by atoms with Crippen LogP contribution in [0.5, 0.6) is 0 Å². The molecular formula is C9H14N4O3. The molecule has 1 heterocycles. The van der Waals surface area contributed by atoms with E-state index in [1.165, 1.54) is 4.90 Å². The summed E-state index contributed by atoms with van der Waals surface area (Å²) in [4.78, 5) is 13.1. The lowest BCUT2D eigenvalue weighted by atomic mass is 10.3. The van der Waals surface area contributed by atoms with Gasteiger partial charge in [0.25, 0.3) is 5.91 Å². The molecule has 0 fully saturated rings. The van der Waals surface area contributed by atoms with Crippen LogP contribution in [0.15, 0.2) is 15.7 Å². The molecule has 3 N–H and O–H groups in total. The minimum atomic E-state index is -0.286. The van der Waals surface area contributed by atoms with Gasteiger partial charge in [0.1, 0.15) is 5.84 Å². The van der Waals surface area contributed by atoms with Gasteiger partial charge < -0.3 is 20.4 Å². The first-order valence-corrected chi connectivity index (χ1v) is 4.69. The Hall–Kier alpha value is -2.05. The molecule has 7 nitrogen and oxygen atoms in total. The van der Waals surface area contributed by atoms with Crippen molar-refractivity contribution in [2.75, 3.05) is 13.6 Å². The fourth-order valence-corrected chi connectivity index (χ4v) is 1.09. The summed E-state index contributed by atoms with van der Waals surface area (Å²) in [6, 6.07) is 1.56. The maximum absolute atomic E-state index is 11.7. The molecule has 0 bridgehead atoms. The number of aryl methyl sites for hydroxylation is 1. The van der Waals surface area contributed by atoms with E-state index in [2.05, 4.69) is 10.3 Å². The molecule has 16 heavy (non-hydrogen) atoms. The number of hydrogen-bond acceptors (Lipinski definition) is 5. The average Bonchev–Trinajstić information content (AvgIpc) is 2.71. The second-order valence-corrected chi connectivity index (χ2v) is 3.40. The summed E-state index contributed by atoms with van der Waals surface area (Å²) in [5.74, 6) is -0.0285. The highest BCUT2D eigenvalue weighted by Gasteiger charge is 2.16. The third-order valence-electron chi connectivity index (χ3n) is 2.02. The number of carbonyl (C=O) groups is 1. The molecule has 0 saturated heterocycles. The van der Waals surface area contributed by atoms with Crippen molar-refractivity contribution < 1.29 is 14.5 Å². The second kappa shape index (κ2) is 5.15. The van der Waals surface area contributed by atoms with Crippen LogP contribution in [0, 0.1) is 6.92 Å². The molecule has 0 unspecified atom stereocenters. The molecule has 0 aromatic carbocycles. The predicted molar refractivity (Wildman–Crippen MR) is 56.2 cm³/mol. The Kier molecular flexibility index (Phi) is 3.87. The van der Waals surface area contributed by atoms with E-state index in [0.29, 0.717) is 18.7 Å². The van der Waals surface area contributed by atoms with Gasteiger partial charge in [0.15, 0.2) is 0 Å². The Bertz CT molecular complexity index is 399. The van der Waals surface area contributed by atoms with Gasteiger partial charge in [-0.25, -0.2) is 0 Å². The van der Waals surface area contributed by atoms with Crippen molar-refractivity contribution in [3.05, 3.63) is 17.5 Å². The number of amides is 1. The summed E-state index contributed by atoms with van der Waals surface area (Å²) in [5, 5.41) is 14.8. The van der Waals surface area contributed by atoms with Gasteiger partial charge >= 0.3 is 0 Å². The zero-order valence-corrected chi connectivity index (χ0v) is 9.17. The number of oxime groups is 1. The zero-order valence-electron chi connectivity index (χ0n) is 9.17. The first-order chi connectivity index (χ1) is 7.54. The van der Waals surface area contributed by atoms with Crippen LogP contribution in [0.1, 0.15) is 22.7 Å². The molecular weight excluding hydrogens is 212 g/mol. The first kappa shape index (κ1) is 12.0. The fourth-order valence-electron chi connectivity index (χ4n) is 1.09. The van der Waals surface area contributed by atoms with E-state index in [9.17, 15) is 4.79 Å². The highest BCUT2D eigenvalue weighted by molar-refractivity contribution is 5.91. The molecule has 88 valence electrons. The summed E-state index contributed by atoms with van der Waals surface area (Å²) in [6.45, 7) is 2.07.